The van der Waals surface area contributed by atoms with Gasteiger partial charge in [-0.2, -0.15) is 0 Å². The largest absolute Gasteiger partial charge is 0.457 e. The van der Waals surface area contributed by atoms with Crippen LogP contribution in [-0.4, -0.2) is 0 Å². The smallest absolute Gasteiger partial charge is 0.128 e. The molecule has 0 spiro atoms. The van der Waals surface area contributed by atoms with Crippen LogP contribution in [0.25, 0.3) is 54.2 Å². The topological polar surface area (TPSA) is 9.23 Å². The highest BCUT2D eigenvalue weighted by Crippen LogP contribution is 2.38. The van der Waals surface area contributed by atoms with Gasteiger partial charge in [-0.25, -0.2) is 0 Å². The van der Waals surface area contributed by atoms with Crippen molar-refractivity contribution in [2.24, 2.45) is 0 Å². The Balaban J connectivity index is 1.33. The zero-order valence-corrected chi connectivity index (χ0v) is 18.0. The van der Waals surface area contributed by atoms with E-state index in [1.165, 1.54) is 54.2 Å². The fourth-order valence-corrected chi connectivity index (χ4v) is 5.01. The number of para-hydroxylation sites is 1. The van der Waals surface area contributed by atoms with E-state index in [-0.39, 0.29) is 0 Å². The van der Waals surface area contributed by atoms with Crippen LogP contribution in [0.2, 0.25) is 0 Å². The molecular formula is C32H20O. The molecule has 0 fully saturated rings. The average molecular weight is 421 g/mol. The molecular weight excluding hydrogens is 400 g/mol. The Morgan fingerprint density at radius 1 is 0.333 bits per heavy atom. The second-order valence-corrected chi connectivity index (χ2v) is 8.65. The zero-order valence-electron chi connectivity index (χ0n) is 18.0. The average Bonchev–Trinajstić information content (AvgIpc) is 2.87. The fraction of sp³-hybridized carbons (Fsp3) is 0. The fourth-order valence-electron chi connectivity index (χ4n) is 5.01. The third-order valence-electron chi connectivity index (χ3n) is 6.59. The molecule has 0 N–H and O–H groups in total. The molecule has 7 aromatic rings. The van der Waals surface area contributed by atoms with E-state index < -0.39 is 0 Å². The van der Waals surface area contributed by atoms with Crippen molar-refractivity contribution >= 4 is 43.1 Å². The monoisotopic (exact) mass is 420 g/mol. The van der Waals surface area contributed by atoms with E-state index in [1.807, 2.05) is 36.4 Å². The molecule has 0 radical (unpaired) electrons. The number of fused-ring (bicyclic) bond motifs is 1. The van der Waals surface area contributed by atoms with Crippen LogP contribution in [0.1, 0.15) is 0 Å². The summed E-state index contributed by atoms with van der Waals surface area (Å²) in [5.74, 6) is 1.70. The van der Waals surface area contributed by atoms with Gasteiger partial charge in [-0.3, -0.25) is 0 Å². The van der Waals surface area contributed by atoms with Crippen LogP contribution in [0, 0.1) is 0 Å². The van der Waals surface area contributed by atoms with E-state index in [2.05, 4.69) is 84.9 Å². The maximum Gasteiger partial charge on any atom is 0.128 e. The van der Waals surface area contributed by atoms with Gasteiger partial charge in [0.2, 0.25) is 0 Å². The summed E-state index contributed by atoms with van der Waals surface area (Å²) < 4.78 is 6.01. The standard InChI is InChI=1S/C32H20O/c1-2-7-29(8-3-1)33-30-16-15-23-17-24(11-12-25(23)20-30)28-18-26-13-9-21-5-4-6-22-10-14-27(19-28)32(26)31(21)22/h1-20H. The van der Waals surface area contributed by atoms with Gasteiger partial charge in [0.1, 0.15) is 11.5 Å². The summed E-state index contributed by atoms with van der Waals surface area (Å²) in [6.45, 7) is 0. The molecule has 0 aromatic heterocycles. The SMILES string of the molecule is c1ccc(Oc2ccc3cc(-c4cc5ccc6cccc7ccc(c4)c5c67)ccc3c2)cc1. The summed E-state index contributed by atoms with van der Waals surface area (Å²) in [6.07, 6.45) is 0. The van der Waals surface area contributed by atoms with Crippen molar-refractivity contribution in [3.63, 3.8) is 0 Å². The molecule has 154 valence electrons. The maximum absolute atomic E-state index is 6.01. The quantitative estimate of drug-likeness (QED) is 0.259. The number of hydrogen-bond acceptors (Lipinski definition) is 1. The van der Waals surface area contributed by atoms with Gasteiger partial charge in [0.15, 0.2) is 0 Å². The minimum absolute atomic E-state index is 0.849. The van der Waals surface area contributed by atoms with E-state index >= 15 is 0 Å². The maximum atomic E-state index is 6.01. The Bertz CT molecular complexity index is 1720. The lowest BCUT2D eigenvalue weighted by atomic mass is 9.91. The van der Waals surface area contributed by atoms with E-state index in [1.54, 1.807) is 0 Å². The molecule has 0 saturated carbocycles. The molecule has 0 heterocycles. The predicted octanol–water partition coefficient (Wildman–Crippen LogP) is 9.20. The second kappa shape index (κ2) is 7.08. The Morgan fingerprint density at radius 3 is 1.67 bits per heavy atom. The van der Waals surface area contributed by atoms with Crippen LogP contribution in [0.5, 0.6) is 11.5 Å². The first-order valence-corrected chi connectivity index (χ1v) is 11.3. The van der Waals surface area contributed by atoms with Gasteiger partial charge in [0, 0.05) is 0 Å². The normalized spacial score (nSPS) is 11.6. The predicted molar refractivity (Wildman–Crippen MR) is 140 cm³/mol. The van der Waals surface area contributed by atoms with Crippen molar-refractivity contribution in [2.45, 2.75) is 0 Å². The van der Waals surface area contributed by atoms with E-state index in [0.717, 1.165) is 11.5 Å². The molecule has 0 atom stereocenters. The van der Waals surface area contributed by atoms with Gasteiger partial charge < -0.3 is 4.74 Å². The molecule has 7 rings (SSSR count). The van der Waals surface area contributed by atoms with Gasteiger partial charge in [0.25, 0.3) is 0 Å². The highest BCUT2D eigenvalue weighted by Gasteiger charge is 2.10. The van der Waals surface area contributed by atoms with Crippen molar-refractivity contribution in [1.29, 1.82) is 0 Å². The summed E-state index contributed by atoms with van der Waals surface area (Å²) in [6, 6.07) is 43.0. The van der Waals surface area contributed by atoms with Crippen molar-refractivity contribution in [1.82, 2.24) is 0 Å². The van der Waals surface area contributed by atoms with Crippen LogP contribution in [0.15, 0.2) is 121 Å². The lowest BCUT2D eigenvalue weighted by Crippen LogP contribution is -1.87. The summed E-state index contributed by atoms with van der Waals surface area (Å²) in [5, 5.41) is 10.3. The Morgan fingerprint density at radius 2 is 0.909 bits per heavy atom. The highest BCUT2D eigenvalue weighted by atomic mass is 16.5. The molecule has 0 amide bonds. The third kappa shape index (κ3) is 3.01. The zero-order chi connectivity index (χ0) is 21.8. The van der Waals surface area contributed by atoms with Gasteiger partial charge in [0.05, 0.1) is 0 Å². The molecule has 0 aliphatic heterocycles. The Kier molecular flexibility index (Phi) is 3.91. The summed E-state index contributed by atoms with van der Waals surface area (Å²) >= 11 is 0. The van der Waals surface area contributed by atoms with Gasteiger partial charge >= 0.3 is 0 Å². The minimum atomic E-state index is 0.849. The minimum Gasteiger partial charge on any atom is -0.457 e. The van der Waals surface area contributed by atoms with Crippen molar-refractivity contribution < 1.29 is 4.74 Å². The van der Waals surface area contributed by atoms with Crippen LogP contribution in [0.3, 0.4) is 0 Å². The molecule has 0 bridgehead atoms. The van der Waals surface area contributed by atoms with E-state index in [4.69, 9.17) is 4.74 Å². The third-order valence-corrected chi connectivity index (χ3v) is 6.59. The van der Waals surface area contributed by atoms with Gasteiger partial charge in [-0.15, -0.1) is 0 Å². The first-order chi connectivity index (χ1) is 16.3. The molecule has 33 heavy (non-hydrogen) atoms. The summed E-state index contributed by atoms with van der Waals surface area (Å²) in [4.78, 5) is 0. The first kappa shape index (κ1) is 18.2. The molecule has 1 nitrogen and oxygen atoms in total. The first-order valence-electron chi connectivity index (χ1n) is 11.3. The Hall–Kier alpha value is -4.36. The van der Waals surface area contributed by atoms with E-state index in [9.17, 15) is 0 Å². The highest BCUT2D eigenvalue weighted by molar-refractivity contribution is 6.23. The molecule has 7 aromatic carbocycles. The van der Waals surface area contributed by atoms with Gasteiger partial charge in [-0.1, -0.05) is 78.9 Å². The number of benzene rings is 7. The lowest BCUT2D eigenvalue weighted by Gasteiger charge is -2.13. The molecule has 0 aliphatic rings. The summed E-state index contributed by atoms with van der Waals surface area (Å²) in [7, 11) is 0. The Labute approximate surface area is 191 Å². The second-order valence-electron chi connectivity index (χ2n) is 8.65. The van der Waals surface area contributed by atoms with Gasteiger partial charge in [-0.05, 0) is 96.7 Å². The van der Waals surface area contributed by atoms with Crippen molar-refractivity contribution in [3.05, 3.63) is 121 Å². The molecule has 0 saturated heterocycles. The number of hydrogen-bond donors (Lipinski definition) is 0. The van der Waals surface area contributed by atoms with Crippen LogP contribution in [-0.2, 0) is 0 Å². The van der Waals surface area contributed by atoms with Crippen molar-refractivity contribution in [3.8, 4) is 22.6 Å². The number of ether oxygens (including phenoxy) is 1. The molecule has 0 unspecified atom stereocenters. The van der Waals surface area contributed by atoms with Crippen LogP contribution >= 0.6 is 0 Å². The lowest BCUT2D eigenvalue weighted by molar-refractivity contribution is 0.483. The van der Waals surface area contributed by atoms with Crippen LogP contribution in [0.4, 0.5) is 0 Å². The summed E-state index contributed by atoms with van der Waals surface area (Å²) in [5.41, 5.74) is 2.47. The number of rotatable bonds is 3. The molecule has 0 aliphatic carbocycles. The van der Waals surface area contributed by atoms with E-state index in [0.29, 0.717) is 0 Å². The van der Waals surface area contributed by atoms with Crippen molar-refractivity contribution in [2.75, 3.05) is 0 Å². The molecule has 1 heteroatoms. The van der Waals surface area contributed by atoms with Crippen LogP contribution < -0.4 is 4.74 Å².